The average molecular weight is 370 g/mol. The van der Waals surface area contributed by atoms with Gasteiger partial charge in [0.25, 0.3) is 0 Å². The van der Waals surface area contributed by atoms with Gasteiger partial charge >= 0.3 is 0 Å². The van der Waals surface area contributed by atoms with E-state index in [9.17, 15) is 9.18 Å². The molecule has 2 heterocycles. The predicted octanol–water partition coefficient (Wildman–Crippen LogP) is 3.16. The fourth-order valence-electron chi connectivity index (χ4n) is 3.46. The number of carbonyl (C=O) groups excluding carboxylic acids is 1. The lowest BCUT2D eigenvalue weighted by Crippen LogP contribution is -2.54. The van der Waals surface area contributed by atoms with E-state index in [0.29, 0.717) is 29.6 Å². The second kappa shape index (κ2) is 7.13. The normalized spacial score (nSPS) is 19.9. The number of aromatic nitrogens is 2. The first-order chi connectivity index (χ1) is 13.0. The molecule has 7 heteroatoms. The Labute approximate surface area is 158 Å². The van der Waals surface area contributed by atoms with Gasteiger partial charge in [0, 0.05) is 37.7 Å². The van der Waals surface area contributed by atoms with Crippen molar-refractivity contribution in [1.82, 2.24) is 14.9 Å². The van der Waals surface area contributed by atoms with E-state index in [1.165, 1.54) is 18.5 Å². The molecule has 0 N–H and O–H groups in total. The van der Waals surface area contributed by atoms with Crippen molar-refractivity contribution in [3.05, 3.63) is 42.0 Å². The summed E-state index contributed by atoms with van der Waals surface area (Å²) in [5, 5.41) is 0. The molecule has 1 aliphatic carbocycles. The fraction of sp³-hybridized carbons (Fsp3) is 0.450. The minimum absolute atomic E-state index is 0.144. The summed E-state index contributed by atoms with van der Waals surface area (Å²) in [6.07, 6.45) is 3.53. The predicted molar refractivity (Wildman–Crippen MR) is 99.4 cm³/mol. The van der Waals surface area contributed by atoms with E-state index in [2.05, 4.69) is 21.8 Å². The number of benzene rings is 1. The average Bonchev–Trinajstić information content (AvgIpc) is 3.49. The first-order valence-electron chi connectivity index (χ1n) is 9.33. The highest BCUT2D eigenvalue weighted by Gasteiger charge is 2.37. The molecule has 1 saturated carbocycles. The van der Waals surface area contributed by atoms with Crippen molar-refractivity contribution in [2.75, 3.05) is 24.5 Å². The molecule has 1 aromatic heterocycles. The Bertz CT molecular complexity index is 856. The second-order valence-corrected chi connectivity index (χ2v) is 7.33. The maximum absolute atomic E-state index is 13.3. The molecule has 27 heavy (non-hydrogen) atoms. The number of hydrogen-bond donors (Lipinski definition) is 0. The minimum atomic E-state index is -0.296. The Morgan fingerprint density at radius 1 is 1.22 bits per heavy atom. The number of anilines is 1. The van der Waals surface area contributed by atoms with Crippen LogP contribution in [0.15, 0.2) is 30.6 Å². The maximum atomic E-state index is 13.3. The summed E-state index contributed by atoms with van der Waals surface area (Å²) in [7, 11) is 0. The number of rotatable bonds is 4. The SMILES string of the molecule is Cc1cc(F)ccc1Oc1cc(N2CCN(C(=O)C3CC3)[C@H](C)C2)ncn1. The monoisotopic (exact) mass is 370 g/mol. The third-order valence-electron chi connectivity index (χ3n) is 5.14. The van der Waals surface area contributed by atoms with Gasteiger partial charge in [0.05, 0.1) is 0 Å². The molecule has 1 aromatic carbocycles. The van der Waals surface area contributed by atoms with Crippen LogP contribution in [0.1, 0.15) is 25.3 Å². The van der Waals surface area contributed by atoms with Crippen LogP contribution >= 0.6 is 0 Å². The molecule has 2 aliphatic rings. The number of amides is 1. The zero-order valence-electron chi connectivity index (χ0n) is 15.6. The van der Waals surface area contributed by atoms with Gasteiger partial charge < -0.3 is 14.5 Å². The van der Waals surface area contributed by atoms with E-state index in [-0.39, 0.29) is 17.8 Å². The van der Waals surface area contributed by atoms with E-state index < -0.39 is 0 Å². The molecular formula is C20H23FN4O2. The van der Waals surface area contributed by atoms with E-state index >= 15 is 0 Å². The number of hydrogen-bond acceptors (Lipinski definition) is 5. The topological polar surface area (TPSA) is 58.6 Å². The molecule has 142 valence electrons. The molecule has 2 aromatic rings. The lowest BCUT2D eigenvalue weighted by atomic mass is 10.1. The summed E-state index contributed by atoms with van der Waals surface area (Å²) in [6, 6.07) is 6.31. The van der Waals surface area contributed by atoms with E-state index in [1.807, 2.05) is 4.90 Å². The van der Waals surface area contributed by atoms with Crippen LogP contribution in [0, 0.1) is 18.7 Å². The Morgan fingerprint density at radius 3 is 2.74 bits per heavy atom. The van der Waals surface area contributed by atoms with Crippen molar-refractivity contribution in [3.63, 3.8) is 0 Å². The molecular weight excluding hydrogens is 347 g/mol. The number of ether oxygens (including phenoxy) is 1. The molecule has 4 rings (SSSR count). The van der Waals surface area contributed by atoms with Gasteiger partial charge in [0.15, 0.2) is 0 Å². The van der Waals surface area contributed by atoms with Crippen LogP contribution < -0.4 is 9.64 Å². The Morgan fingerprint density at radius 2 is 2.04 bits per heavy atom. The van der Waals surface area contributed by atoms with Gasteiger partial charge in [-0.15, -0.1) is 0 Å². The summed E-state index contributed by atoms with van der Waals surface area (Å²) < 4.78 is 19.1. The number of carbonyl (C=O) groups is 1. The molecule has 0 radical (unpaired) electrons. The highest BCUT2D eigenvalue weighted by atomic mass is 19.1. The van der Waals surface area contributed by atoms with E-state index in [4.69, 9.17) is 4.74 Å². The Balaban J connectivity index is 1.45. The van der Waals surface area contributed by atoms with Crippen molar-refractivity contribution in [3.8, 4) is 11.6 Å². The molecule has 1 aliphatic heterocycles. The molecule has 1 amide bonds. The lowest BCUT2D eigenvalue weighted by Gasteiger charge is -2.40. The molecule has 2 fully saturated rings. The zero-order valence-corrected chi connectivity index (χ0v) is 15.6. The van der Waals surface area contributed by atoms with Crippen LogP contribution in [0.2, 0.25) is 0 Å². The van der Waals surface area contributed by atoms with Crippen molar-refractivity contribution in [2.24, 2.45) is 5.92 Å². The van der Waals surface area contributed by atoms with Crippen LogP contribution in [-0.4, -0.2) is 46.5 Å². The van der Waals surface area contributed by atoms with Crippen LogP contribution in [-0.2, 0) is 4.79 Å². The van der Waals surface area contributed by atoms with E-state index in [0.717, 1.165) is 31.7 Å². The van der Waals surface area contributed by atoms with Gasteiger partial charge in [-0.25, -0.2) is 14.4 Å². The van der Waals surface area contributed by atoms with Crippen LogP contribution in [0.3, 0.4) is 0 Å². The molecule has 1 saturated heterocycles. The number of nitrogens with zero attached hydrogens (tertiary/aromatic N) is 4. The summed E-state index contributed by atoms with van der Waals surface area (Å²) in [5.41, 5.74) is 0.705. The van der Waals surface area contributed by atoms with Crippen LogP contribution in [0.5, 0.6) is 11.6 Å². The number of halogens is 1. The molecule has 0 unspecified atom stereocenters. The molecule has 6 nitrogen and oxygen atoms in total. The van der Waals surface area contributed by atoms with Crippen LogP contribution in [0.25, 0.3) is 0 Å². The first kappa shape index (κ1) is 17.7. The van der Waals surface area contributed by atoms with Crippen molar-refractivity contribution >= 4 is 11.7 Å². The smallest absolute Gasteiger partial charge is 0.226 e. The minimum Gasteiger partial charge on any atom is -0.439 e. The summed E-state index contributed by atoms with van der Waals surface area (Å²) in [5.74, 6) is 1.99. The van der Waals surface area contributed by atoms with E-state index in [1.54, 1.807) is 19.1 Å². The summed E-state index contributed by atoms with van der Waals surface area (Å²) >= 11 is 0. The molecule has 0 spiro atoms. The molecule has 1 atom stereocenters. The van der Waals surface area contributed by atoms with Crippen molar-refractivity contribution in [2.45, 2.75) is 32.7 Å². The lowest BCUT2D eigenvalue weighted by molar-refractivity contribution is -0.134. The maximum Gasteiger partial charge on any atom is 0.226 e. The third-order valence-corrected chi connectivity index (χ3v) is 5.14. The van der Waals surface area contributed by atoms with Gasteiger partial charge in [-0.3, -0.25) is 4.79 Å². The Hall–Kier alpha value is -2.70. The largest absolute Gasteiger partial charge is 0.439 e. The third kappa shape index (κ3) is 3.86. The van der Waals surface area contributed by atoms with Crippen molar-refractivity contribution in [1.29, 1.82) is 0 Å². The van der Waals surface area contributed by atoms with Crippen molar-refractivity contribution < 1.29 is 13.9 Å². The summed E-state index contributed by atoms with van der Waals surface area (Å²) in [6.45, 7) is 6.03. The standard InChI is InChI=1S/C20H23FN4O2/c1-13-9-16(21)5-6-17(13)27-19-10-18(22-12-23-19)24-7-8-25(14(2)11-24)20(26)15-3-4-15/h5-6,9-10,12,14-15H,3-4,7-8,11H2,1-2H3/t14-/m1/s1. The number of piperazine rings is 1. The molecule has 0 bridgehead atoms. The highest BCUT2D eigenvalue weighted by molar-refractivity contribution is 5.81. The fourth-order valence-corrected chi connectivity index (χ4v) is 3.46. The second-order valence-electron chi connectivity index (χ2n) is 7.33. The highest BCUT2D eigenvalue weighted by Crippen LogP contribution is 2.33. The quantitative estimate of drug-likeness (QED) is 0.827. The Kier molecular flexibility index (Phi) is 4.68. The van der Waals surface area contributed by atoms with Gasteiger partial charge in [0.2, 0.25) is 11.8 Å². The van der Waals surface area contributed by atoms with Gasteiger partial charge in [-0.05, 0) is 50.5 Å². The van der Waals surface area contributed by atoms with Crippen LogP contribution in [0.4, 0.5) is 10.2 Å². The van der Waals surface area contributed by atoms with Gasteiger partial charge in [0.1, 0.15) is 23.7 Å². The number of aryl methyl sites for hydroxylation is 1. The van der Waals surface area contributed by atoms with Gasteiger partial charge in [-0.1, -0.05) is 0 Å². The van der Waals surface area contributed by atoms with Gasteiger partial charge in [-0.2, -0.15) is 0 Å². The first-order valence-corrected chi connectivity index (χ1v) is 9.33. The summed E-state index contributed by atoms with van der Waals surface area (Å²) in [4.78, 5) is 25.0. The zero-order chi connectivity index (χ0) is 19.0.